The third-order valence-electron chi connectivity index (χ3n) is 1.88. The summed E-state index contributed by atoms with van der Waals surface area (Å²) in [5.74, 6) is 0. The van der Waals surface area contributed by atoms with E-state index in [0.29, 0.717) is 15.5 Å². The van der Waals surface area contributed by atoms with Crippen LogP contribution >= 0.6 is 27.3 Å². The Labute approximate surface area is 91.6 Å². The summed E-state index contributed by atoms with van der Waals surface area (Å²) in [6, 6.07) is 3.46. The topological polar surface area (TPSA) is 69.2 Å². The van der Waals surface area contributed by atoms with Crippen molar-refractivity contribution in [2.45, 2.75) is 0 Å². The molecular formula is C8H5BrN2O2S. The summed E-state index contributed by atoms with van der Waals surface area (Å²) in [5, 5.41) is 13.2. The summed E-state index contributed by atoms with van der Waals surface area (Å²) in [6.07, 6.45) is 0. The SMILES string of the molecule is Nc1cc2sccc2c([N+](=O)[O-])c1Br. The van der Waals surface area contributed by atoms with Crippen molar-refractivity contribution in [3.05, 3.63) is 32.1 Å². The number of benzene rings is 1. The molecule has 0 unspecified atom stereocenters. The molecule has 2 rings (SSSR count). The maximum atomic E-state index is 10.8. The molecule has 0 saturated heterocycles. The fourth-order valence-corrected chi connectivity index (χ4v) is 2.58. The zero-order valence-electron chi connectivity index (χ0n) is 6.86. The molecule has 72 valence electrons. The highest BCUT2D eigenvalue weighted by Gasteiger charge is 2.20. The van der Waals surface area contributed by atoms with Crippen LogP contribution in [0.15, 0.2) is 22.0 Å². The Hall–Kier alpha value is -1.14. The summed E-state index contributed by atoms with van der Waals surface area (Å²) >= 11 is 4.56. The molecule has 1 heterocycles. The van der Waals surface area contributed by atoms with Gasteiger partial charge in [-0.25, -0.2) is 0 Å². The lowest BCUT2D eigenvalue weighted by molar-refractivity contribution is -0.383. The lowest BCUT2D eigenvalue weighted by Gasteiger charge is -2.00. The molecule has 4 nitrogen and oxygen atoms in total. The molecule has 14 heavy (non-hydrogen) atoms. The average molecular weight is 273 g/mol. The van der Waals surface area contributed by atoms with Gasteiger partial charge >= 0.3 is 0 Å². The van der Waals surface area contributed by atoms with Crippen molar-refractivity contribution in [2.75, 3.05) is 5.73 Å². The molecule has 0 saturated carbocycles. The number of nitro groups is 1. The Balaban J connectivity index is 2.93. The first-order valence-corrected chi connectivity index (χ1v) is 5.38. The minimum absolute atomic E-state index is 0.0428. The molecule has 0 radical (unpaired) electrons. The number of hydrogen-bond acceptors (Lipinski definition) is 4. The first kappa shape index (κ1) is 9.42. The fraction of sp³-hybridized carbons (Fsp3) is 0. The van der Waals surface area contributed by atoms with Gasteiger partial charge in [0.25, 0.3) is 5.69 Å². The van der Waals surface area contributed by atoms with Gasteiger partial charge in [-0.3, -0.25) is 10.1 Å². The molecule has 2 aromatic rings. The summed E-state index contributed by atoms with van der Waals surface area (Å²) in [6.45, 7) is 0. The molecule has 0 atom stereocenters. The zero-order chi connectivity index (χ0) is 10.3. The Bertz CT molecular complexity index is 523. The summed E-state index contributed by atoms with van der Waals surface area (Å²) in [5.41, 5.74) is 6.08. The number of nitrogens with zero attached hydrogens (tertiary/aromatic N) is 1. The van der Waals surface area contributed by atoms with Gasteiger partial charge < -0.3 is 5.73 Å². The van der Waals surface area contributed by atoms with E-state index in [-0.39, 0.29) is 5.69 Å². The van der Waals surface area contributed by atoms with Gasteiger partial charge in [0.1, 0.15) is 4.47 Å². The van der Waals surface area contributed by atoms with Crippen LogP contribution in [0.2, 0.25) is 0 Å². The zero-order valence-corrected chi connectivity index (χ0v) is 9.26. The molecule has 2 N–H and O–H groups in total. The molecule has 0 amide bonds. The Morgan fingerprint density at radius 3 is 2.93 bits per heavy atom. The standard InChI is InChI=1S/C8H5BrN2O2S/c9-7-5(10)3-6-4(1-2-14-6)8(7)11(12)13/h1-3H,10H2. The van der Waals surface area contributed by atoms with E-state index in [9.17, 15) is 10.1 Å². The van der Waals surface area contributed by atoms with Gasteiger partial charge in [0.05, 0.1) is 16.0 Å². The minimum atomic E-state index is -0.421. The highest BCUT2D eigenvalue weighted by atomic mass is 79.9. The normalized spacial score (nSPS) is 10.6. The van der Waals surface area contributed by atoms with Crippen molar-refractivity contribution < 1.29 is 4.92 Å². The van der Waals surface area contributed by atoms with E-state index in [2.05, 4.69) is 15.9 Å². The number of halogens is 1. The second kappa shape index (κ2) is 3.21. The Morgan fingerprint density at radius 2 is 2.29 bits per heavy atom. The Kier molecular flexibility index (Phi) is 2.16. The van der Waals surface area contributed by atoms with Gasteiger partial charge in [0, 0.05) is 4.70 Å². The van der Waals surface area contributed by atoms with E-state index >= 15 is 0 Å². The van der Waals surface area contributed by atoms with Gasteiger partial charge in [0.15, 0.2) is 0 Å². The molecule has 1 aromatic carbocycles. The molecule has 0 aliphatic rings. The number of nitro benzene ring substituents is 1. The summed E-state index contributed by atoms with van der Waals surface area (Å²) < 4.78 is 1.19. The molecule has 0 aliphatic heterocycles. The van der Waals surface area contributed by atoms with Crippen LogP contribution in [0.4, 0.5) is 11.4 Å². The number of hydrogen-bond donors (Lipinski definition) is 1. The molecule has 0 fully saturated rings. The van der Waals surface area contributed by atoms with Gasteiger partial charge in [-0.15, -0.1) is 11.3 Å². The maximum Gasteiger partial charge on any atom is 0.294 e. The van der Waals surface area contributed by atoms with Crippen LogP contribution in [0, 0.1) is 10.1 Å². The lowest BCUT2D eigenvalue weighted by atomic mass is 10.2. The summed E-state index contributed by atoms with van der Waals surface area (Å²) in [4.78, 5) is 10.4. The largest absolute Gasteiger partial charge is 0.398 e. The number of thiophene rings is 1. The van der Waals surface area contributed by atoms with Crippen molar-refractivity contribution in [1.29, 1.82) is 0 Å². The molecule has 0 spiro atoms. The molecule has 6 heteroatoms. The van der Waals surface area contributed by atoms with E-state index in [0.717, 1.165) is 4.70 Å². The van der Waals surface area contributed by atoms with Crippen molar-refractivity contribution in [2.24, 2.45) is 0 Å². The van der Waals surface area contributed by atoms with Gasteiger partial charge in [-0.2, -0.15) is 0 Å². The second-order valence-electron chi connectivity index (χ2n) is 2.72. The van der Waals surface area contributed by atoms with E-state index < -0.39 is 4.92 Å². The smallest absolute Gasteiger partial charge is 0.294 e. The van der Waals surface area contributed by atoms with Gasteiger partial charge in [0.2, 0.25) is 0 Å². The Morgan fingerprint density at radius 1 is 1.57 bits per heavy atom. The number of rotatable bonds is 1. The van der Waals surface area contributed by atoms with Gasteiger partial charge in [-0.05, 0) is 33.4 Å². The predicted molar refractivity (Wildman–Crippen MR) is 60.6 cm³/mol. The lowest BCUT2D eigenvalue weighted by Crippen LogP contribution is -1.94. The van der Waals surface area contributed by atoms with Crippen LogP contribution in [0.5, 0.6) is 0 Å². The second-order valence-corrected chi connectivity index (χ2v) is 4.46. The first-order chi connectivity index (χ1) is 6.61. The van der Waals surface area contributed by atoms with E-state index in [1.54, 1.807) is 12.1 Å². The van der Waals surface area contributed by atoms with E-state index in [4.69, 9.17) is 5.73 Å². The van der Waals surface area contributed by atoms with Crippen molar-refractivity contribution in [3.63, 3.8) is 0 Å². The third-order valence-corrected chi connectivity index (χ3v) is 3.58. The number of fused-ring (bicyclic) bond motifs is 1. The first-order valence-electron chi connectivity index (χ1n) is 3.71. The van der Waals surface area contributed by atoms with Crippen LogP contribution in [0.1, 0.15) is 0 Å². The fourth-order valence-electron chi connectivity index (χ4n) is 1.27. The van der Waals surface area contributed by atoms with Gasteiger partial charge in [-0.1, -0.05) is 0 Å². The number of anilines is 1. The van der Waals surface area contributed by atoms with Crippen LogP contribution in [0.25, 0.3) is 10.1 Å². The number of nitrogens with two attached hydrogens (primary N) is 1. The highest BCUT2D eigenvalue weighted by molar-refractivity contribution is 9.10. The van der Waals surface area contributed by atoms with Crippen LogP contribution in [0.3, 0.4) is 0 Å². The summed E-state index contributed by atoms with van der Waals surface area (Å²) in [7, 11) is 0. The molecule has 0 bridgehead atoms. The van der Waals surface area contributed by atoms with Crippen LogP contribution < -0.4 is 5.73 Å². The average Bonchev–Trinajstić information content (AvgIpc) is 2.52. The van der Waals surface area contributed by atoms with Crippen molar-refractivity contribution >= 4 is 48.7 Å². The van der Waals surface area contributed by atoms with Crippen molar-refractivity contribution in [3.8, 4) is 0 Å². The molecule has 0 aliphatic carbocycles. The maximum absolute atomic E-state index is 10.8. The van der Waals surface area contributed by atoms with Crippen LogP contribution in [-0.4, -0.2) is 4.92 Å². The molecule has 1 aromatic heterocycles. The highest BCUT2D eigenvalue weighted by Crippen LogP contribution is 2.39. The monoisotopic (exact) mass is 272 g/mol. The van der Waals surface area contributed by atoms with Crippen molar-refractivity contribution in [1.82, 2.24) is 0 Å². The quantitative estimate of drug-likeness (QED) is 0.493. The third kappa shape index (κ3) is 1.27. The minimum Gasteiger partial charge on any atom is -0.398 e. The van der Waals surface area contributed by atoms with Crippen LogP contribution in [-0.2, 0) is 0 Å². The molecular weight excluding hydrogens is 268 g/mol. The predicted octanol–water partition coefficient (Wildman–Crippen LogP) is 3.15. The van der Waals surface area contributed by atoms with E-state index in [1.165, 1.54) is 11.3 Å². The number of nitrogen functional groups attached to an aromatic ring is 1. The van der Waals surface area contributed by atoms with E-state index in [1.807, 2.05) is 5.38 Å².